The average Bonchev–Trinajstić information content (AvgIpc) is 3.22. The maximum Gasteiger partial charge on any atom is 0.324 e. The van der Waals surface area contributed by atoms with Gasteiger partial charge in [-0.3, -0.25) is 15.0 Å². The predicted octanol–water partition coefficient (Wildman–Crippen LogP) is 3.70. The molecule has 2 amide bonds. The summed E-state index contributed by atoms with van der Waals surface area (Å²) in [5, 5.41) is 12.2. The van der Waals surface area contributed by atoms with E-state index in [0.717, 1.165) is 22.4 Å². The Kier molecular flexibility index (Phi) is 3.66. The van der Waals surface area contributed by atoms with E-state index < -0.39 is 0 Å². The molecule has 0 saturated carbocycles. The fraction of sp³-hybridized carbons (Fsp3) is 0.0556. The number of aromatic amines is 1. The van der Waals surface area contributed by atoms with Crippen LogP contribution in [-0.2, 0) is 0 Å². The van der Waals surface area contributed by atoms with E-state index in [1.165, 1.54) is 0 Å². The summed E-state index contributed by atoms with van der Waals surface area (Å²) >= 11 is 0. The zero-order valence-corrected chi connectivity index (χ0v) is 13.5. The average molecular weight is 332 g/mol. The first kappa shape index (κ1) is 14.9. The standard InChI is InChI=1S/C18H16N6O/c1-12-10-17(23-22-12)21-18(25)20-13-6-8-14(9-7-13)24-11-19-15-4-2-3-5-16(15)24/h2-11H,1H3,(H3,20,21,22,23,25). The lowest BCUT2D eigenvalue weighted by molar-refractivity contribution is 0.262. The van der Waals surface area contributed by atoms with Gasteiger partial charge in [0.05, 0.1) is 11.0 Å². The van der Waals surface area contributed by atoms with Crippen LogP contribution in [0, 0.1) is 6.92 Å². The van der Waals surface area contributed by atoms with Crippen LogP contribution in [0.5, 0.6) is 0 Å². The number of hydrogen-bond acceptors (Lipinski definition) is 3. The molecule has 4 rings (SSSR count). The lowest BCUT2D eigenvalue weighted by Gasteiger charge is -2.08. The molecule has 0 fully saturated rings. The van der Waals surface area contributed by atoms with E-state index in [4.69, 9.17) is 0 Å². The SMILES string of the molecule is Cc1cc(NC(=O)Nc2ccc(-n3cnc4ccccc43)cc2)n[nH]1. The highest BCUT2D eigenvalue weighted by Crippen LogP contribution is 2.19. The lowest BCUT2D eigenvalue weighted by atomic mass is 10.2. The van der Waals surface area contributed by atoms with Crippen LogP contribution in [0.4, 0.5) is 16.3 Å². The molecule has 7 heteroatoms. The number of amides is 2. The molecule has 2 aromatic carbocycles. The molecule has 2 heterocycles. The molecule has 0 radical (unpaired) electrons. The summed E-state index contributed by atoms with van der Waals surface area (Å²) in [6.45, 7) is 1.87. The molecule has 0 aliphatic rings. The molecule has 0 aliphatic carbocycles. The molecule has 0 unspecified atom stereocenters. The molecule has 4 aromatic rings. The number of nitrogens with one attached hydrogen (secondary N) is 3. The smallest absolute Gasteiger partial charge is 0.308 e. The van der Waals surface area contributed by atoms with Gasteiger partial charge in [-0.05, 0) is 43.3 Å². The van der Waals surface area contributed by atoms with Gasteiger partial charge in [-0.1, -0.05) is 12.1 Å². The number of carbonyl (C=O) groups is 1. The Morgan fingerprint density at radius 1 is 1.08 bits per heavy atom. The molecule has 0 saturated heterocycles. The van der Waals surface area contributed by atoms with E-state index >= 15 is 0 Å². The molecule has 2 aromatic heterocycles. The maximum atomic E-state index is 12.0. The van der Waals surface area contributed by atoms with Gasteiger partial charge in [-0.15, -0.1) is 0 Å². The van der Waals surface area contributed by atoms with Gasteiger partial charge >= 0.3 is 6.03 Å². The van der Waals surface area contributed by atoms with Gasteiger partial charge in [0.25, 0.3) is 0 Å². The van der Waals surface area contributed by atoms with E-state index in [-0.39, 0.29) is 6.03 Å². The Hall–Kier alpha value is -3.61. The molecule has 0 spiro atoms. The molecule has 3 N–H and O–H groups in total. The number of carbonyl (C=O) groups excluding carboxylic acids is 1. The van der Waals surface area contributed by atoms with Crippen LogP contribution in [0.25, 0.3) is 16.7 Å². The molecule has 7 nitrogen and oxygen atoms in total. The second-order valence-corrected chi connectivity index (χ2v) is 5.67. The molecule has 25 heavy (non-hydrogen) atoms. The largest absolute Gasteiger partial charge is 0.324 e. The second-order valence-electron chi connectivity index (χ2n) is 5.67. The van der Waals surface area contributed by atoms with E-state index in [9.17, 15) is 4.79 Å². The Morgan fingerprint density at radius 3 is 2.64 bits per heavy atom. The van der Waals surface area contributed by atoms with Crippen LogP contribution >= 0.6 is 0 Å². The van der Waals surface area contributed by atoms with Gasteiger partial charge in [0, 0.05) is 23.1 Å². The molecular weight excluding hydrogens is 316 g/mol. The van der Waals surface area contributed by atoms with Crippen LogP contribution in [0.2, 0.25) is 0 Å². The summed E-state index contributed by atoms with van der Waals surface area (Å²) < 4.78 is 2.01. The molecule has 124 valence electrons. The Labute approximate surface area is 143 Å². The minimum absolute atomic E-state index is 0.340. The van der Waals surface area contributed by atoms with Crippen molar-refractivity contribution < 1.29 is 4.79 Å². The Bertz CT molecular complexity index is 1030. The number of para-hydroxylation sites is 2. The van der Waals surface area contributed by atoms with Crippen molar-refractivity contribution in [1.29, 1.82) is 0 Å². The summed E-state index contributed by atoms with van der Waals surface area (Å²) in [6.07, 6.45) is 1.79. The third-order valence-corrected chi connectivity index (χ3v) is 3.80. The summed E-state index contributed by atoms with van der Waals surface area (Å²) in [6, 6.07) is 16.9. The minimum atomic E-state index is -0.340. The summed E-state index contributed by atoms with van der Waals surface area (Å²) in [5.74, 6) is 0.483. The number of rotatable bonds is 3. The van der Waals surface area contributed by atoms with Crippen molar-refractivity contribution in [3.8, 4) is 5.69 Å². The fourth-order valence-electron chi connectivity index (χ4n) is 2.63. The van der Waals surface area contributed by atoms with Crippen molar-refractivity contribution in [2.24, 2.45) is 0 Å². The van der Waals surface area contributed by atoms with E-state index in [0.29, 0.717) is 11.5 Å². The highest BCUT2D eigenvalue weighted by Gasteiger charge is 2.07. The number of aromatic nitrogens is 4. The second kappa shape index (κ2) is 6.12. The highest BCUT2D eigenvalue weighted by atomic mass is 16.2. The van der Waals surface area contributed by atoms with Gasteiger partial charge in [-0.2, -0.15) is 5.10 Å². The normalized spacial score (nSPS) is 10.8. The van der Waals surface area contributed by atoms with Gasteiger partial charge in [0.1, 0.15) is 6.33 Å². The summed E-state index contributed by atoms with van der Waals surface area (Å²) in [7, 11) is 0. The summed E-state index contributed by atoms with van der Waals surface area (Å²) in [4.78, 5) is 16.4. The first-order chi connectivity index (χ1) is 12.2. The van der Waals surface area contributed by atoms with Crippen molar-refractivity contribution in [3.63, 3.8) is 0 Å². The zero-order chi connectivity index (χ0) is 17.2. The first-order valence-electron chi connectivity index (χ1n) is 7.81. The van der Waals surface area contributed by atoms with E-state index in [1.807, 2.05) is 60.0 Å². The number of benzene rings is 2. The molecule has 0 atom stereocenters. The van der Waals surface area contributed by atoms with Crippen LogP contribution in [0.15, 0.2) is 60.9 Å². The minimum Gasteiger partial charge on any atom is -0.308 e. The fourth-order valence-corrected chi connectivity index (χ4v) is 2.63. The van der Waals surface area contributed by atoms with E-state index in [1.54, 1.807) is 12.4 Å². The number of nitrogens with zero attached hydrogens (tertiary/aromatic N) is 3. The van der Waals surface area contributed by atoms with Crippen LogP contribution in [-0.4, -0.2) is 25.8 Å². The number of hydrogen-bond donors (Lipinski definition) is 3. The van der Waals surface area contributed by atoms with Crippen molar-refractivity contribution in [2.75, 3.05) is 10.6 Å². The number of urea groups is 1. The topological polar surface area (TPSA) is 87.6 Å². The Morgan fingerprint density at radius 2 is 1.88 bits per heavy atom. The van der Waals surface area contributed by atoms with Crippen LogP contribution in [0.1, 0.15) is 5.69 Å². The molecular formula is C18H16N6O. The third kappa shape index (κ3) is 3.07. The van der Waals surface area contributed by atoms with Crippen LogP contribution < -0.4 is 10.6 Å². The zero-order valence-electron chi connectivity index (χ0n) is 13.5. The Balaban J connectivity index is 1.49. The van der Waals surface area contributed by atoms with Gasteiger partial charge in [-0.25, -0.2) is 9.78 Å². The predicted molar refractivity (Wildman–Crippen MR) is 97.0 cm³/mol. The number of fused-ring (bicyclic) bond motifs is 1. The quantitative estimate of drug-likeness (QED) is 0.534. The monoisotopic (exact) mass is 332 g/mol. The van der Waals surface area contributed by atoms with Crippen molar-refractivity contribution in [2.45, 2.75) is 6.92 Å². The number of H-pyrrole nitrogens is 1. The first-order valence-corrected chi connectivity index (χ1v) is 7.81. The third-order valence-electron chi connectivity index (χ3n) is 3.80. The number of anilines is 2. The van der Waals surface area contributed by atoms with Crippen molar-refractivity contribution >= 4 is 28.6 Å². The van der Waals surface area contributed by atoms with Crippen LogP contribution in [0.3, 0.4) is 0 Å². The van der Waals surface area contributed by atoms with Crippen molar-refractivity contribution in [3.05, 3.63) is 66.6 Å². The lowest BCUT2D eigenvalue weighted by Crippen LogP contribution is -2.19. The van der Waals surface area contributed by atoms with Gasteiger partial charge < -0.3 is 5.32 Å². The van der Waals surface area contributed by atoms with Crippen molar-refractivity contribution in [1.82, 2.24) is 19.7 Å². The number of aryl methyl sites for hydroxylation is 1. The van der Waals surface area contributed by atoms with Gasteiger partial charge in [0.2, 0.25) is 0 Å². The maximum absolute atomic E-state index is 12.0. The number of imidazole rings is 1. The summed E-state index contributed by atoms with van der Waals surface area (Å²) in [5.41, 5.74) is 4.53. The molecule has 0 aliphatic heterocycles. The van der Waals surface area contributed by atoms with E-state index in [2.05, 4.69) is 25.8 Å². The highest BCUT2D eigenvalue weighted by molar-refractivity contribution is 5.99. The molecule has 0 bridgehead atoms. The van der Waals surface area contributed by atoms with Gasteiger partial charge in [0.15, 0.2) is 5.82 Å².